The minimum absolute atomic E-state index is 0.239. The molecule has 0 spiro atoms. The molecule has 1 aromatic rings. The lowest BCUT2D eigenvalue weighted by Crippen LogP contribution is -2.48. The minimum Gasteiger partial charge on any atom is -0.312 e. The molecule has 0 aliphatic carbocycles. The fraction of sp³-hybridized carbons (Fsp3) is 0.625. The molecule has 0 radical (unpaired) electrons. The van der Waals surface area contributed by atoms with Crippen LogP contribution in [0.15, 0.2) is 23.1 Å². The molecule has 118 valence electrons. The van der Waals surface area contributed by atoms with Crippen LogP contribution in [-0.2, 0) is 10.0 Å². The van der Waals surface area contributed by atoms with E-state index in [1.165, 1.54) is 12.8 Å². The predicted molar refractivity (Wildman–Crippen MR) is 85.9 cm³/mol. The maximum atomic E-state index is 12.5. The van der Waals surface area contributed by atoms with Crippen molar-refractivity contribution >= 4 is 10.0 Å². The van der Waals surface area contributed by atoms with Crippen molar-refractivity contribution in [3.63, 3.8) is 0 Å². The van der Waals surface area contributed by atoms with Crippen molar-refractivity contribution in [3.8, 4) is 0 Å². The zero-order valence-electron chi connectivity index (χ0n) is 13.1. The number of nitrogens with one attached hydrogen (secondary N) is 2. The lowest BCUT2D eigenvalue weighted by Gasteiger charge is -2.32. The van der Waals surface area contributed by atoms with Gasteiger partial charge < -0.3 is 5.32 Å². The predicted octanol–water partition coefficient (Wildman–Crippen LogP) is 2.36. The van der Waals surface area contributed by atoms with Gasteiger partial charge in [0.2, 0.25) is 10.0 Å². The summed E-state index contributed by atoms with van der Waals surface area (Å²) in [5.74, 6) is 0.556. The fourth-order valence-electron chi connectivity index (χ4n) is 3.02. The van der Waals surface area contributed by atoms with Gasteiger partial charge in [0.1, 0.15) is 0 Å². The molecule has 1 heterocycles. The Bertz CT molecular complexity index is 584. The molecule has 1 saturated heterocycles. The molecule has 0 bridgehead atoms. The highest BCUT2D eigenvalue weighted by Gasteiger charge is 2.25. The molecule has 21 heavy (non-hydrogen) atoms. The zero-order valence-corrected chi connectivity index (χ0v) is 14.0. The summed E-state index contributed by atoms with van der Waals surface area (Å²) in [7, 11) is -3.43. The second-order valence-electron chi connectivity index (χ2n) is 5.99. The number of aryl methyl sites for hydroxylation is 2. The lowest BCUT2D eigenvalue weighted by atomic mass is 9.89. The van der Waals surface area contributed by atoms with Crippen LogP contribution in [0.5, 0.6) is 0 Å². The number of hydrogen-bond donors (Lipinski definition) is 2. The number of sulfonamides is 1. The Balaban J connectivity index is 2.09. The Morgan fingerprint density at radius 2 is 2.10 bits per heavy atom. The van der Waals surface area contributed by atoms with Crippen molar-refractivity contribution in [1.82, 2.24) is 10.0 Å². The van der Waals surface area contributed by atoms with Gasteiger partial charge in [0, 0.05) is 12.6 Å². The average Bonchev–Trinajstić information content (AvgIpc) is 2.48. The first kappa shape index (κ1) is 16.5. The van der Waals surface area contributed by atoms with Gasteiger partial charge in [0.15, 0.2) is 0 Å². The number of benzene rings is 1. The molecular weight excluding hydrogens is 284 g/mol. The minimum atomic E-state index is -3.43. The van der Waals surface area contributed by atoms with Crippen LogP contribution < -0.4 is 10.0 Å². The molecular formula is C16H26N2O2S. The van der Waals surface area contributed by atoms with Gasteiger partial charge in [-0.25, -0.2) is 13.1 Å². The largest absolute Gasteiger partial charge is 0.312 e. The Morgan fingerprint density at radius 1 is 1.33 bits per heavy atom. The Morgan fingerprint density at radius 3 is 2.81 bits per heavy atom. The van der Waals surface area contributed by atoms with Crippen LogP contribution in [0.1, 0.15) is 37.3 Å². The van der Waals surface area contributed by atoms with E-state index < -0.39 is 10.0 Å². The molecule has 2 atom stereocenters. The van der Waals surface area contributed by atoms with Crippen LogP contribution in [0.4, 0.5) is 0 Å². The molecule has 1 aliphatic rings. The second kappa shape index (κ2) is 6.90. The quantitative estimate of drug-likeness (QED) is 0.878. The first-order chi connectivity index (χ1) is 9.94. The van der Waals surface area contributed by atoms with Gasteiger partial charge in [-0.3, -0.25) is 0 Å². The summed E-state index contributed by atoms with van der Waals surface area (Å²) in [6.45, 7) is 7.36. The number of rotatable bonds is 5. The molecule has 1 aliphatic heterocycles. The second-order valence-corrected chi connectivity index (χ2v) is 7.73. The monoisotopic (exact) mass is 310 g/mol. The third-order valence-corrected chi connectivity index (χ3v) is 5.94. The highest BCUT2D eigenvalue weighted by Crippen LogP contribution is 2.21. The van der Waals surface area contributed by atoms with Gasteiger partial charge >= 0.3 is 0 Å². The van der Waals surface area contributed by atoms with Crippen LogP contribution in [0.3, 0.4) is 0 Å². The topological polar surface area (TPSA) is 58.2 Å². The molecule has 5 heteroatoms. The van der Waals surface area contributed by atoms with Gasteiger partial charge in [-0.1, -0.05) is 25.5 Å². The Kier molecular flexibility index (Phi) is 5.41. The lowest BCUT2D eigenvalue weighted by molar-refractivity contribution is 0.273. The molecule has 1 fully saturated rings. The fourth-order valence-corrected chi connectivity index (χ4v) is 4.41. The molecule has 2 N–H and O–H groups in total. The Labute approximate surface area is 128 Å². The van der Waals surface area contributed by atoms with E-state index in [2.05, 4.69) is 17.0 Å². The maximum absolute atomic E-state index is 12.5. The van der Waals surface area contributed by atoms with Crippen molar-refractivity contribution in [2.75, 3.05) is 13.1 Å². The van der Waals surface area contributed by atoms with E-state index >= 15 is 0 Å². The highest BCUT2D eigenvalue weighted by atomic mass is 32.2. The summed E-state index contributed by atoms with van der Waals surface area (Å²) in [5, 5.41) is 3.44. The van der Waals surface area contributed by atoms with E-state index in [4.69, 9.17) is 0 Å². The van der Waals surface area contributed by atoms with Gasteiger partial charge in [0.05, 0.1) is 4.90 Å². The normalized spacial score (nSPS) is 23.2. The van der Waals surface area contributed by atoms with E-state index in [-0.39, 0.29) is 6.04 Å². The highest BCUT2D eigenvalue weighted by molar-refractivity contribution is 7.89. The van der Waals surface area contributed by atoms with E-state index in [0.29, 0.717) is 17.4 Å². The van der Waals surface area contributed by atoms with Crippen LogP contribution >= 0.6 is 0 Å². The maximum Gasteiger partial charge on any atom is 0.240 e. The van der Waals surface area contributed by atoms with Crippen LogP contribution in [0.2, 0.25) is 0 Å². The zero-order chi connectivity index (χ0) is 15.5. The number of piperidine rings is 1. The van der Waals surface area contributed by atoms with Crippen molar-refractivity contribution in [2.45, 2.75) is 51.0 Å². The van der Waals surface area contributed by atoms with Crippen LogP contribution in [-0.4, -0.2) is 27.5 Å². The molecule has 0 saturated carbocycles. The van der Waals surface area contributed by atoms with Gasteiger partial charge in [0.25, 0.3) is 0 Å². The first-order valence-electron chi connectivity index (χ1n) is 7.74. The molecule has 0 aromatic heterocycles. The van der Waals surface area contributed by atoms with Crippen molar-refractivity contribution in [3.05, 3.63) is 29.3 Å². The van der Waals surface area contributed by atoms with E-state index in [0.717, 1.165) is 24.1 Å². The van der Waals surface area contributed by atoms with Crippen LogP contribution in [0.25, 0.3) is 0 Å². The van der Waals surface area contributed by atoms with Gasteiger partial charge in [-0.2, -0.15) is 0 Å². The smallest absolute Gasteiger partial charge is 0.240 e. The summed E-state index contributed by atoms with van der Waals surface area (Å²) in [5.41, 5.74) is 1.75. The standard InChI is InChI=1S/C16H26N2O2S/c1-4-14-6-5-9-17-15(14)11-18-21(19,20)16-10-12(2)7-8-13(16)3/h7-8,10,14-15,17-18H,4-6,9,11H2,1-3H3. The summed E-state index contributed by atoms with van der Waals surface area (Å²) in [6.07, 6.45) is 3.45. The van der Waals surface area contributed by atoms with E-state index in [1.54, 1.807) is 6.07 Å². The molecule has 4 nitrogen and oxygen atoms in total. The van der Waals surface area contributed by atoms with E-state index in [1.807, 2.05) is 26.0 Å². The van der Waals surface area contributed by atoms with Crippen LogP contribution in [0, 0.1) is 19.8 Å². The van der Waals surface area contributed by atoms with Gasteiger partial charge in [-0.15, -0.1) is 0 Å². The molecule has 1 aromatic carbocycles. The summed E-state index contributed by atoms with van der Waals surface area (Å²) < 4.78 is 27.8. The summed E-state index contributed by atoms with van der Waals surface area (Å²) in [4.78, 5) is 0.395. The van der Waals surface area contributed by atoms with Crippen molar-refractivity contribution in [2.24, 2.45) is 5.92 Å². The molecule has 0 amide bonds. The first-order valence-corrected chi connectivity index (χ1v) is 9.22. The SMILES string of the molecule is CCC1CCCNC1CNS(=O)(=O)c1cc(C)ccc1C. The molecule has 2 unspecified atom stereocenters. The van der Waals surface area contributed by atoms with Gasteiger partial charge in [-0.05, 0) is 56.3 Å². The Hall–Kier alpha value is -0.910. The third-order valence-electron chi connectivity index (χ3n) is 4.38. The van der Waals surface area contributed by atoms with Crippen molar-refractivity contribution in [1.29, 1.82) is 0 Å². The van der Waals surface area contributed by atoms with Crippen molar-refractivity contribution < 1.29 is 8.42 Å². The van der Waals surface area contributed by atoms with E-state index in [9.17, 15) is 8.42 Å². The molecule has 2 rings (SSSR count). The average molecular weight is 310 g/mol. The third kappa shape index (κ3) is 4.05. The summed E-state index contributed by atoms with van der Waals surface area (Å²) in [6, 6.07) is 5.77. The summed E-state index contributed by atoms with van der Waals surface area (Å²) >= 11 is 0. The number of hydrogen-bond acceptors (Lipinski definition) is 3.